The van der Waals surface area contributed by atoms with Crippen LogP contribution >= 0.6 is 0 Å². The lowest BCUT2D eigenvalue weighted by Crippen LogP contribution is -2.14. The van der Waals surface area contributed by atoms with Crippen LogP contribution in [0.4, 0.5) is 17.3 Å². The van der Waals surface area contributed by atoms with Crippen LogP contribution < -0.4 is 10.0 Å². The molecule has 4 rings (SSSR count). The van der Waals surface area contributed by atoms with Crippen molar-refractivity contribution in [3.05, 3.63) is 77.9 Å². The Morgan fingerprint density at radius 2 is 1.74 bits per heavy atom. The number of aromatic nitrogens is 2. The summed E-state index contributed by atoms with van der Waals surface area (Å²) in [4.78, 5) is 19.6. The van der Waals surface area contributed by atoms with Gasteiger partial charge < -0.3 is 20.1 Å². The molecule has 0 aliphatic carbocycles. The highest BCUT2D eigenvalue weighted by Crippen LogP contribution is 2.24. The molecule has 0 spiro atoms. The molecule has 0 saturated carbocycles. The third-order valence-corrected chi connectivity index (χ3v) is 6.49. The first-order chi connectivity index (χ1) is 16.6. The minimum absolute atomic E-state index is 0.0439. The Labute approximate surface area is 203 Å². The predicted molar refractivity (Wildman–Crippen MR) is 134 cm³/mol. The number of aromatic amines is 1. The zero-order valence-corrected chi connectivity index (χ0v) is 20.3. The Bertz CT molecular complexity index is 1460. The number of nitrogens with zero attached hydrogens (tertiary/aromatic N) is 1. The normalized spacial score (nSPS) is 12.5. The van der Waals surface area contributed by atoms with Crippen molar-refractivity contribution in [2.24, 2.45) is 0 Å². The van der Waals surface area contributed by atoms with Crippen molar-refractivity contribution in [3.8, 4) is 0 Å². The number of benzene rings is 3. The van der Waals surface area contributed by atoms with Crippen LogP contribution in [0.1, 0.15) is 42.8 Å². The maximum absolute atomic E-state index is 12.9. The van der Waals surface area contributed by atoms with Crippen molar-refractivity contribution in [2.75, 3.05) is 10.0 Å². The van der Waals surface area contributed by atoms with Crippen LogP contribution in [-0.2, 0) is 14.8 Å². The van der Waals surface area contributed by atoms with E-state index in [9.17, 15) is 18.3 Å². The fourth-order valence-electron chi connectivity index (χ4n) is 3.40. The number of aliphatic hydroxyl groups excluding tert-OH is 1. The van der Waals surface area contributed by atoms with Crippen LogP contribution in [0.25, 0.3) is 11.0 Å². The molecule has 10 heteroatoms. The number of nitrogens with one attached hydrogen (secondary N) is 3. The number of esters is 1. The highest BCUT2D eigenvalue weighted by molar-refractivity contribution is 7.92. The fraction of sp³-hybridized carbons (Fsp3) is 0.200. The number of sulfonamides is 1. The Morgan fingerprint density at radius 1 is 1.00 bits per heavy atom. The second-order valence-electron chi connectivity index (χ2n) is 8.33. The molecule has 1 atom stereocenters. The number of aliphatic hydroxyl groups is 1. The van der Waals surface area contributed by atoms with Crippen LogP contribution in [0, 0.1) is 0 Å². The number of rotatable bonds is 8. The summed E-state index contributed by atoms with van der Waals surface area (Å²) < 4.78 is 33.5. The lowest BCUT2D eigenvalue weighted by Gasteiger charge is -2.10. The Hall–Kier alpha value is -3.89. The van der Waals surface area contributed by atoms with Crippen molar-refractivity contribution in [2.45, 2.75) is 37.9 Å². The molecule has 0 aliphatic rings. The van der Waals surface area contributed by atoms with Gasteiger partial charge in [-0.15, -0.1) is 0 Å². The smallest absolute Gasteiger partial charge is 0.338 e. The molecule has 9 nitrogen and oxygen atoms in total. The Morgan fingerprint density at radius 3 is 2.43 bits per heavy atom. The average molecular weight is 495 g/mol. The lowest BCUT2D eigenvalue weighted by molar-refractivity contribution is 0.0378. The van der Waals surface area contributed by atoms with Gasteiger partial charge in [0, 0.05) is 11.4 Å². The highest BCUT2D eigenvalue weighted by atomic mass is 32.2. The number of imidazole rings is 1. The summed E-state index contributed by atoms with van der Waals surface area (Å²) in [5, 5.41) is 12.9. The second kappa shape index (κ2) is 9.77. The molecule has 3 aromatic carbocycles. The van der Waals surface area contributed by atoms with Gasteiger partial charge in [-0.25, -0.2) is 18.2 Å². The fourth-order valence-corrected chi connectivity index (χ4v) is 4.47. The number of carbonyl (C=O) groups is 1. The van der Waals surface area contributed by atoms with E-state index in [1.807, 2.05) is 24.3 Å². The standard InChI is InChI=1S/C25H26N4O5S/c1-15(2)34-24(31)17-7-9-19(10-8-17)29-35(32,33)21-11-12-22-23(14-21)28-25(27-22)26-20-6-4-5-18(13-20)16(3)30/h4-16,29-30H,1-3H3,(H2,26,27,28). The number of hydrogen-bond donors (Lipinski definition) is 4. The number of ether oxygens (including phenoxy) is 1. The van der Waals surface area contributed by atoms with Gasteiger partial charge in [-0.3, -0.25) is 4.72 Å². The summed E-state index contributed by atoms with van der Waals surface area (Å²) >= 11 is 0. The van der Waals surface area contributed by atoms with E-state index in [0.717, 1.165) is 11.3 Å². The number of H-pyrrole nitrogens is 1. The highest BCUT2D eigenvalue weighted by Gasteiger charge is 2.17. The van der Waals surface area contributed by atoms with E-state index in [2.05, 4.69) is 20.0 Å². The third kappa shape index (κ3) is 5.79. The van der Waals surface area contributed by atoms with Gasteiger partial charge in [-0.1, -0.05) is 12.1 Å². The SMILES string of the molecule is CC(C)OC(=O)c1ccc(NS(=O)(=O)c2ccc3[nH]c(Nc4cccc(C(C)O)c4)nc3c2)cc1. The summed E-state index contributed by atoms with van der Waals surface area (Å²) in [6.45, 7) is 5.20. The number of anilines is 3. The van der Waals surface area contributed by atoms with Crippen molar-refractivity contribution in [1.82, 2.24) is 9.97 Å². The molecule has 4 N–H and O–H groups in total. The lowest BCUT2D eigenvalue weighted by atomic mass is 10.1. The first-order valence-electron chi connectivity index (χ1n) is 11.0. The summed E-state index contributed by atoms with van der Waals surface area (Å²) in [5.41, 5.74) is 3.26. The van der Waals surface area contributed by atoms with E-state index in [1.165, 1.54) is 36.4 Å². The maximum atomic E-state index is 12.9. The molecule has 0 saturated heterocycles. The molecule has 4 aromatic rings. The van der Waals surface area contributed by atoms with E-state index < -0.39 is 22.1 Å². The minimum Gasteiger partial charge on any atom is -0.459 e. The van der Waals surface area contributed by atoms with Gasteiger partial charge in [0.15, 0.2) is 0 Å². The maximum Gasteiger partial charge on any atom is 0.338 e. The van der Waals surface area contributed by atoms with Crippen LogP contribution in [0.15, 0.2) is 71.6 Å². The van der Waals surface area contributed by atoms with Crippen LogP contribution in [0.2, 0.25) is 0 Å². The molecular weight excluding hydrogens is 468 g/mol. The van der Waals surface area contributed by atoms with Crippen LogP contribution in [-0.4, -0.2) is 35.6 Å². The van der Waals surface area contributed by atoms with Gasteiger partial charge in [0.1, 0.15) is 0 Å². The summed E-state index contributed by atoms with van der Waals surface area (Å²) in [6.07, 6.45) is -0.847. The van der Waals surface area contributed by atoms with E-state index in [1.54, 1.807) is 26.8 Å². The van der Waals surface area contributed by atoms with E-state index >= 15 is 0 Å². The molecule has 1 unspecified atom stereocenters. The van der Waals surface area contributed by atoms with E-state index in [4.69, 9.17) is 4.74 Å². The Kier molecular flexibility index (Phi) is 6.77. The largest absolute Gasteiger partial charge is 0.459 e. The first-order valence-corrected chi connectivity index (χ1v) is 12.5. The van der Waals surface area contributed by atoms with Gasteiger partial charge in [-0.2, -0.15) is 0 Å². The van der Waals surface area contributed by atoms with E-state index in [0.29, 0.717) is 28.2 Å². The average Bonchev–Trinajstić information content (AvgIpc) is 3.20. The summed E-state index contributed by atoms with van der Waals surface area (Å²) in [7, 11) is -3.89. The third-order valence-electron chi connectivity index (χ3n) is 5.11. The topological polar surface area (TPSA) is 133 Å². The van der Waals surface area contributed by atoms with Gasteiger partial charge in [0.2, 0.25) is 5.95 Å². The van der Waals surface area contributed by atoms with Gasteiger partial charge in [-0.05, 0) is 80.9 Å². The molecule has 0 fully saturated rings. The molecule has 1 heterocycles. The molecule has 182 valence electrons. The molecule has 1 aromatic heterocycles. The quantitative estimate of drug-likeness (QED) is 0.260. The zero-order valence-electron chi connectivity index (χ0n) is 19.4. The van der Waals surface area contributed by atoms with Crippen molar-refractivity contribution >= 4 is 44.3 Å². The van der Waals surface area contributed by atoms with E-state index in [-0.39, 0.29) is 11.0 Å². The molecule has 0 radical (unpaired) electrons. The monoisotopic (exact) mass is 494 g/mol. The zero-order chi connectivity index (χ0) is 25.2. The second-order valence-corrected chi connectivity index (χ2v) is 10.0. The molecule has 0 aliphatic heterocycles. The van der Waals surface area contributed by atoms with Crippen LogP contribution in [0.5, 0.6) is 0 Å². The van der Waals surface area contributed by atoms with Crippen molar-refractivity contribution < 1.29 is 23.1 Å². The molecule has 0 bridgehead atoms. The minimum atomic E-state index is -3.89. The summed E-state index contributed by atoms with van der Waals surface area (Å²) in [6, 6.07) is 17.9. The number of carbonyl (C=O) groups excluding carboxylic acids is 1. The number of fused-ring (bicyclic) bond motifs is 1. The van der Waals surface area contributed by atoms with Crippen molar-refractivity contribution in [3.63, 3.8) is 0 Å². The van der Waals surface area contributed by atoms with Gasteiger partial charge in [0.25, 0.3) is 10.0 Å². The van der Waals surface area contributed by atoms with Gasteiger partial charge >= 0.3 is 5.97 Å². The predicted octanol–water partition coefficient (Wildman–Crippen LogP) is 4.73. The molecule has 35 heavy (non-hydrogen) atoms. The van der Waals surface area contributed by atoms with Crippen LogP contribution in [0.3, 0.4) is 0 Å². The molecular formula is C25H26N4O5S. The van der Waals surface area contributed by atoms with Gasteiger partial charge in [0.05, 0.1) is 33.7 Å². The molecule has 0 amide bonds. The Balaban J connectivity index is 1.51. The summed E-state index contributed by atoms with van der Waals surface area (Å²) in [5.74, 6) is -0.0328. The first kappa shape index (κ1) is 24.2. The van der Waals surface area contributed by atoms with Crippen molar-refractivity contribution in [1.29, 1.82) is 0 Å². The number of hydrogen-bond acceptors (Lipinski definition) is 7.